The van der Waals surface area contributed by atoms with Crippen molar-refractivity contribution in [1.29, 1.82) is 0 Å². The molecule has 2 unspecified atom stereocenters. The van der Waals surface area contributed by atoms with E-state index in [4.69, 9.17) is 0 Å². The Kier molecular flexibility index (Phi) is 1.69. The van der Waals surface area contributed by atoms with Gasteiger partial charge in [0.25, 0.3) is 5.92 Å². The van der Waals surface area contributed by atoms with Crippen molar-refractivity contribution < 1.29 is 8.78 Å². The van der Waals surface area contributed by atoms with Gasteiger partial charge in [-0.2, -0.15) is 0 Å². The predicted octanol–water partition coefficient (Wildman–Crippen LogP) is 2.17. The molecule has 1 aliphatic carbocycles. The van der Waals surface area contributed by atoms with Crippen LogP contribution in [0.3, 0.4) is 0 Å². The van der Waals surface area contributed by atoms with Crippen molar-refractivity contribution in [1.82, 2.24) is 5.32 Å². The average Bonchev–Trinajstić information content (AvgIpc) is 2.55. The van der Waals surface area contributed by atoms with E-state index in [2.05, 4.69) is 12.2 Å². The molecule has 1 saturated heterocycles. The molecule has 0 radical (unpaired) electrons. The SMILES string of the molecule is CC1CCCC2(CN1)CC2(F)F. The van der Waals surface area contributed by atoms with Crippen molar-refractivity contribution in [2.75, 3.05) is 6.54 Å². The van der Waals surface area contributed by atoms with E-state index < -0.39 is 11.3 Å². The Labute approximate surface area is 71.5 Å². The fourth-order valence-corrected chi connectivity index (χ4v) is 2.15. The molecule has 0 aromatic heterocycles. The van der Waals surface area contributed by atoms with Crippen LogP contribution in [-0.4, -0.2) is 18.5 Å². The third-order valence-corrected chi connectivity index (χ3v) is 3.29. The molecule has 2 fully saturated rings. The molecule has 70 valence electrons. The molecular formula is C9H15F2N. The summed E-state index contributed by atoms with van der Waals surface area (Å²) >= 11 is 0. The van der Waals surface area contributed by atoms with Crippen LogP contribution in [0, 0.1) is 5.41 Å². The third-order valence-electron chi connectivity index (χ3n) is 3.29. The summed E-state index contributed by atoms with van der Waals surface area (Å²) in [6, 6.07) is 0.417. The molecule has 0 amide bonds. The highest BCUT2D eigenvalue weighted by atomic mass is 19.3. The highest BCUT2D eigenvalue weighted by Gasteiger charge is 2.70. The van der Waals surface area contributed by atoms with Gasteiger partial charge in [-0.25, -0.2) is 8.78 Å². The molecule has 1 spiro atoms. The lowest BCUT2D eigenvalue weighted by Gasteiger charge is -2.13. The lowest BCUT2D eigenvalue weighted by molar-refractivity contribution is 0.0616. The lowest BCUT2D eigenvalue weighted by Crippen LogP contribution is -2.31. The Morgan fingerprint density at radius 3 is 2.67 bits per heavy atom. The Morgan fingerprint density at radius 1 is 1.42 bits per heavy atom. The van der Waals surface area contributed by atoms with Gasteiger partial charge in [0.05, 0.1) is 5.41 Å². The highest BCUT2D eigenvalue weighted by molar-refractivity contribution is 5.11. The molecule has 1 saturated carbocycles. The van der Waals surface area contributed by atoms with Gasteiger partial charge in [0.15, 0.2) is 0 Å². The quantitative estimate of drug-likeness (QED) is 0.595. The summed E-state index contributed by atoms with van der Waals surface area (Å²) in [7, 11) is 0. The summed E-state index contributed by atoms with van der Waals surface area (Å²) in [4.78, 5) is 0. The standard InChI is InChI=1S/C9H15F2N/c1-7-3-2-4-8(6-12-7)5-9(8,10)11/h7,12H,2-6H2,1H3. The van der Waals surface area contributed by atoms with Gasteiger partial charge < -0.3 is 5.32 Å². The summed E-state index contributed by atoms with van der Waals surface area (Å²) in [6.45, 7) is 2.58. The first-order valence-corrected chi connectivity index (χ1v) is 4.67. The first kappa shape index (κ1) is 8.42. The molecule has 2 atom stereocenters. The minimum Gasteiger partial charge on any atom is -0.313 e. The van der Waals surface area contributed by atoms with E-state index >= 15 is 0 Å². The Morgan fingerprint density at radius 2 is 2.08 bits per heavy atom. The molecule has 1 aliphatic heterocycles. The number of rotatable bonds is 0. The largest absolute Gasteiger partial charge is 0.313 e. The molecule has 1 heterocycles. The maximum absolute atomic E-state index is 12.9. The Hall–Kier alpha value is -0.180. The molecular weight excluding hydrogens is 160 g/mol. The van der Waals surface area contributed by atoms with Gasteiger partial charge in [0, 0.05) is 19.0 Å². The van der Waals surface area contributed by atoms with E-state index in [0.29, 0.717) is 19.0 Å². The van der Waals surface area contributed by atoms with Gasteiger partial charge in [-0.3, -0.25) is 0 Å². The zero-order valence-corrected chi connectivity index (χ0v) is 7.37. The summed E-state index contributed by atoms with van der Waals surface area (Å²) in [5, 5.41) is 3.17. The van der Waals surface area contributed by atoms with Crippen LogP contribution >= 0.6 is 0 Å². The average molecular weight is 175 g/mol. The van der Waals surface area contributed by atoms with Crippen LogP contribution in [0.25, 0.3) is 0 Å². The van der Waals surface area contributed by atoms with E-state index in [9.17, 15) is 8.78 Å². The molecule has 0 aromatic rings. The fourth-order valence-electron chi connectivity index (χ4n) is 2.15. The first-order chi connectivity index (χ1) is 5.56. The predicted molar refractivity (Wildman–Crippen MR) is 43.3 cm³/mol. The molecule has 12 heavy (non-hydrogen) atoms. The topological polar surface area (TPSA) is 12.0 Å². The summed E-state index contributed by atoms with van der Waals surface area (Å²) in [5.74, 6) is -2.37. The minimum absolute atomic E-state index is 0.111. The first-order valence-electron chi connectivity index (χ1n) is 4.67. The number of hydrogen-bond donors (Lipinski definition) is 1. The van der Waals surface area contributed by atoms with Gasteiger partial charge >= 0.3 is 0 Å². The van der Waals surface area contributed by atoms with Crippen molar-refractivity contribution in [3.8, 4) is 0 Å². The molecule has 3 heteroatoms. The molecule has 0 bridgehead atoms. The van der Waals surface area contributed by atoms with Crippen molar-refractivity contribution in [2.24, 2.45) is 5.41 Å². The molecule has 2 rings (SSSR count). The van der Waals surface area contributed by atoms with Crippen LogP contribution < -0.4 is 5.32 Å². The fraction of sp³-hybridized carbons (Fsp3) is 1.00. The lowest BCUT2D eigenvalue weighted by atomic mass is 10.00. The second kappa shape index (κ2) is 2.41. The van der Waals surface area contributed by atoms with E-state index in [1.807, 2.05) is 0 Å². The van der Waals surface area contributed by atoms with E-state index in [1.54, 1.807) is 0 Å². The number of hydrogen-bond acceptors (Lipinski definition) is 1. The minimum atomic E-state index is -2.37. The van der Waals surface area contributed by atoms with Crippen LogP contribution in [0.1, 0.15) is 32.6 Å². The van der Waals surface area contributed by atoms with E-state index in [-0.39, 0.29) is 6.42 Å². The zero-order chi connectivity index (χ0) is 8.82. The molecule has 0 aromatic carbocycles. The zero-order valence-electron chi connectivity index (χ0n) is 7.37. The second-order valence-corrected chi connectivity index (χ2v) is 4.34. The maximum atomic E-state index is 12.9. The monoisotopic (exact) mass is 175 g/mol. The van der Waals surface area contributed by atoms with Crippen molar-refractivity contribution in [3.05, 3.63) is 0 Å². The van der Waals surface area contributed by atoms with Gasteiger partial charge in [0.2, 0.25) is 0 Å². The van der Waals surface area contributed by atoms with E-state index in [0.717, 1.165) is 12.8 Å². The van der Waals surface area contributed by atoms with Crippen LogP contribution in [-0.2, 0) is 0 Å². The van der Waals surface area contributed by atoms with Crippen molar-refractivity contribution >= 4 is 0 Å². The summed E-state index contributed by atoms with van der Waals surface area (Å²) in [5.41, 5.74) is -0.655. The smallest absolute Gasteiger partial charge is 0.255 e. The van der Waals surface area contributed by atoms with E-state index in [1.165, 1.54) is 0 Å². The Bertz CT molecular complexity index is 193. The summed E-state index contributed by atoms with van der Waals surface area (Å²) < 4.78 is 25.9. The number of halogens is 2. The molecule has 1 N–H and O–H groups in total. The van der Waals surface area contributed by atoms with Gasteiger partial charge in [-0.15, -0.1) is 0 Å². The number of alkyl halides is 2. The maximum Gasteiger partial charge on any atom is 0.255 e. The third kappa shape index (κ3) is 1.15. The Balaban J connectivity index is 2.01. The van der Waals surface area contributed by atoms with Crippen LogP contribution in [0.5, 0.6) is 0 Å². The molecule has 1 nitrogen and oxygen atoms in total. The van der Waals surface area contributed by atoms with Gasteiger partial charge in [-0.1, -0.05) is 6.42 Å². The second-order valence-electron chi connectivity index (χ2n) is 4.34. The number of nitrogens with one attached hydrogen (secondary N) is 1. The van der Waals surface area contributed by atoms with Crippen LogP contribution in [0.4, 0.5) is 8.78 Å². The molecule has 2 aliphatic rings. The van der Waals surface area contributed by atoms with Crippen molar-refractivity contribution in [2.45, 2.75) is 44.6 Å². The van der Waals surface area contributed by atoms with Crippen LogP contribution in [0.2, 0.25) is 0 Å². The normalized spacial score (nSPS) is 45.8. The van der Waals surface area contributed by atoms with Gasteiger partial charge in [-0.05, 0) is 19.8 Å². The highest BCUT2D eigenvalue weighted by Crippen LogP contribution is 2.63. The van der Waals surface area contributed by atoms with Crippen molar-refractivity contribution in [3.63, 3.8) is 0 Å². The van der Waals surface area contributed by atoms with Gasteiger partial charge in [0.1, 0.15) is 0 Å². The summed E-state index contributed by atoms with van der Waals surface area (Å²) in [6.07, 6.45) is 2.80. The van der Waals surface area contributed by atoms with Crippen LogP contribution in [0.15, 0.2) is 0 Å².